The summed E-state index contributed by atoms with van der Waals surface area (Å²) in [6.45, 7) is 6.63. The van der Waals surface area contributed by atoms with Crippen molar-refractivity contribution in [3.8, 4) is 5.75 Å². The molecule has 0 aliphatic carbocycles. The van der Waals surface area contributed by atoms with E-state index in [0.717, 1.165) is 35.5 Å². The number of nitrogens with zero attached hydrogens (tertiary/aromatic N) is 1. The predicted octanol–water partition coefficient (Wildman–Crippen LogP) is 4.96. The first-order valence-electron chi connectivity index (χ1n) is 9.57. The van der Waals surface area contributed by atoms with Gasteiger partial charge < -0.3 is 19.5 Å². The molecule has 0 bridgehead atoms. The van der Waals surface area contributed by atoms with Crippen LogP contribution in [0, 0.1) is 0 Å². The van der Waals surface area contributed by atoms with E-state index in [1.54, 1.807) is 19.6 Å². The summed E-state index contributed by atoms with van der Waals surface area (Å²) in [5, 5.41) is 3.42. The summed E-state index contributed by atoms with van der Waals surface area (Å²) in [6, 6.07) is 13.7. The lowest BCUT2D eigenvalue weighted by Gasteiger charge is -2.20. The van der Waals surface area contributed by atoms with Crippen LogP contribution >= 0.6 is 0 Å². The number of rotatable bonds is 8. The lowest BCUT2D eigenvalue weighted by Crippen LogP contribution is -2.26. The number of benzene rings is 1. The van der Waals surface area contributed by atoms with Gasteiger partial charge in [0, 0.05) is 11.8 Å². The molecule has 2 unspecified atom stereocenters. The van der Waals surface area contributed by atoms with Crippen LogP contribution < -0.4 is 10.1 Å². The van der Waals surface area contributed by atoms with Crippen LogP contribution in [0.5, 0.6) is 5.75 Å². The van der Waals surface area contributed by atoms with Crippen molar-refractivity contribution in [2.24, 2.45) is 0 Å². The van der Waals surface area contributed by atoms with Gasteiger partial charge in [-0.05, 0) is 42.8 Å². The minimum absolute atomic E-state index is 0.0322. The Morgan fingerprint density at radius 2 is 1.93 bits per heavy atom. The number of methoxy groups -OCH3 is 1. The van der Waals surface area contributed by atoms with Crippen molar-refractivity contribution in [3.05, 3.63) is 71.9 Å². The molecule has 0 amide bonds. The largest absolute Gasteiger partial charge is 0.497 e. The van der Waals surface area contributed by atoms with Gasteiger partial charge in [0.25, 0.3) is 0 Å². The molecule has 5 heteroatoms. The molecule has 0 fully saturated rings. The van der Waals surface area contributed by atoms with Gasteiger partial charge in [-0.2, -0.15) is 0 Å². The maximum atomic E-state index is 6.08. The molecule has 1 aliphatic heterocycles. The molecule has 27 heavy (non-hydrogen) atoms. The van der Waals surface area contributed by atoms with E-state index in [1.807, 2.05) is 56.3 Å². The fourth-order valence-corrected chi connectivity index (χ4v) is 2.73. The van der Waals surface area contributed by atoms with Crippen molar-refractivity contribution in [3.63, 3.8) is 0 Å². The molecule has 1 aliphatic rings. The Bertz CT molecular complexity index is 686. The monoisotopic (exact) mass is 370 g/mol. The summed E-state index contributed by atoms with van der Waals surface area (Å²) in [5.41, 5.74) is 2.94. The summed E-state index contributed by atoms with van der Waals surface area (Å²) >= 11 is 0. The van der Waals surface area contributed by atoms with Gasteiger partial charge in [-0.25, -0.2) is 0 Å². The fraction of sp³-hybridized carbons (Fsp3) is 0.409. The lowest BCUT2D eigenvalue weighted by molar-refractivity contribution is 0.0517. The van der Waals surface area contributed by atoms with E-state index in [0.29, 0.717) is 6.61 Å². The highest BCUT2D eigenvalue weighted by atomic mass is 16.5. The fourth-order valence-electron chi connectivity index (χ4n) is 2.73. The number of ether oxygens (including phenoxy) is 3. The number of nitrogens with one attached hydrogen (secondary N) is 1. The van der Waals surface area contributed by atoms with Crippen molar-refractivity contribution in [2.45, 2.75) is 52.6 Å². The predicted molar refractivity (Wildman–Crippen MR) is 107 cm³/mol. The van der Waals surface area contributed by atoms with Gasteiger partial charge in [-0.3, -0.25) is 4.98 Å². The van der Waals surface area contributed by atoms with Gasteiger partial charge in [0.15, 0.2) is 6.23 Å². The van der Waals surface area contributed by atoms with Crippen molar-refractivity contribution in [1.82, 2.24) is 10.3 Å². The molecule has 5 nitrogen and oxygen atoms in total. The average Bonchev–Trinajstić information content (AvgIpc) is 3.23. The molecular formula is C22H30N2O3. The zero-order valence-electron chi connectivity index (χ0n) is 16.6. The molecule has 146 valence electrons. The number of aromatic nitrogens is 1. The first kappa shape index (κ1) is 20.8. The molecule has 3 rings (SSSR count). The van der Waals surface area contributed by atoms with E-state index in [1.165, 1.54) is 0 Å². The van der Waals surface area contributed by atoms with E-state index in [4.69, 9.17) is 14.2 Å². The Kier molecular flexibility index (Phi) is 8.65. The normalized spacial score (nSPS) is 16.3. The second kappa shape index (κ2) is 11.2. The Labute approximate surface area is 162 Å². The highest BCUT2D eigenvalue weighted by Crippen LogP contribution is 2.27. The third kappa shape index (κ3) is 6.00. The van der Waals surface area contributed by atoms with Crippen molar-refractivity contribution < 1.29 is 14.2 Å². The van der Waals surface area contributed by atoms with Crippen LogP contribution in [-0.4, -0.2) is 18.2 Å². The standard InChI is InChI=1S/C20H24N2O3.C2H6/c1-3-6-19(24-13-16-7-4-5-12-21-16)18-14-25-20(22-18)15-8-10-17(23-2)11-9-15;1-2/h4-5,7-12,14,19-20,22H,3,6,13H2,1-2H3;1-2H3. The van der Waals surface area contributed by atoms with E-state index >= 15 is 0 Å². The van der Waals surface area contributed by atoms with Gasteiger partial charge in [-0.1, -0.05) is 33.3 Å². The van der Waals surface area contributed by atoms with E-state index in [2.05, 4.69) is 17.2 Å². The van der Waals surface area contributed by atoms with Crippen LogP contribution in [0.4, 0.5) is 0 Å². The van der Waals surface area contributed by atoms with Crippen LogP contribution in [0.15, 0.2) is 60.6 Å². The zero-order chi connectivity index (χ0) is 19.5. The molecule has 1 N–H and O–H groups in total. The van der Waals surface area contributed by atoms with Crippen LogP contribution in [0.3, 0.4) is 0 Å². The molecular weight excluding hydrogens is 340 g/mol. The molecule has 1 aromatic carbocycles. The Morgan fingerprint density at radius 3 is 2.56 bits per heavy atom. The summed E-state index contributed by atoms with van der Waals surface area (Å²) in [6.07, 6.45) is 5.27. The Balaban J connectivity index is 0.00000126. The first-order chi connectivity index (χ1) is 13.3. The number of hydrogen-bond acceptors (Lipinski definition) is 5. The molecule has 1 aromatic heterocycles. The molecule has 2 atom stereocenters. The lowest BCUT2D eigenvalue weighted by atomic mass is 10.1. The molecule has 0 saturated heterocycles. The molecule has 2 aromatic rings. The van der Waals surface area contributed by atoms with Crippen molar-refractivity contribution in [1.29, 1.82) is 0 Å². The topological polar surface area (TPSA) is 52.6 Å². The summed E-state index contributed by atoms with van der Waals surface area (Å²) in [5.74, 6) is 0.831. The third-order valence-electron chi connectivity index (χ3n) is 4.10. The van der Waals surface area contributed by atoms with Crippen molar-refractivity contribution in [2.75, 3.05) is 7.11 Å². The van der Waals surface area contributed by atoms with Crippen LogP contribution in [0.2, 0.25) is 0 Å². The van der Waals surface area contributed by atoms with E-state index in [-0.39, 0.29) is 12.3 Å². The first-order valence-corrected chi connectivity index (χ1v) is 9.57. The minimum atomic E-state index is -0.196. The summed E-state index contributed by atoms with van der Waals surface area (Å²) in [4.78, 5) is 4.31. The average molecular weight is 370 g/mol. The summed E-state index contributed by atoms with van der Waals surface area (Å²) in [7, 11) is 1.66. The number of pyridine rings is 1. The van der Waals surface area contributed by atoms with Gasteiger partial charge in [0.05, 0.1) is 25.1 Å². The third-order valence-corrected chi connectivity index (χ3v) is 4.10. The summed E-state index contributed by atoms with van der Waals surface area (Å²) < 4.78 is 17.1. The molecule has 2 heterocycles. The van der Waals surface area contributed by atoms with Crippen LogP contribution in [-0.2, 0) is 16.1 Å². The van der Waals surface area contributed by atoms with E-state index in [9.17, 15) is 0 Å². The Hall–Kier alpha value is -2.53. The molecule has 0 spiro atoms. The van der Waals surface area contributed by atoms with Crippen molar-refractivity contribution >= 4 is 0 Å². The van der Waals surface area contributed by atoms with E-state index < -0.39 is 0 Å². The van der Waals surface area contributed by atoms with Crippen LogP contribution in [0.25, 0.3) is 0 Å². The minimum Gasteiger partial charge on any atom is -0.497 e. The maximum absolute atomic E-state index is 6.08. The van der Waals surface area contributed by atoms with Gasteiger partial charge >= 0.3 is 0 Å². The quantitative estimate of drug-likeness (QED) is 0.712. The second-order valence-corrected chi connectivity index (χ2v) is 5.92. The van der Waals surface area contributed by atoms with Gasteiger partial charge in [0.2, 0.25) is 0 Å². The smallest absolute Gasteiger partial charge is 0.195 e. The van der Waals surface area contributed by atoms with Crippen LogP contribution in [0.1, 0.15) is 51.1 Å². The molecule has 0 saturated carbocycles. The van der Waals surface area contributed by atoms with Gasteiger partial charge in [-0.15, -0.1) is 0 Å². The molecule has 0 radical (unpaired) electrons. The maximum Gasteiger partial charge on any atom is 0.195 e. The highest BCUT2D eigenvalue weighted by molar-refractivity contribution is 5.30. The number of hydrogen-bond donors (Lipinski definition) is 1. The Morgan fingerprint density at radius 1 is 1.15 bits per heavy atom. The zero-order valence-corrected chi connectivity index (χ0v) is 16.6. The second-order valence-electron chi connectivity index (χ2n) is 5.92. The van der Waals surface area contributed by atoms with Gasteiger partial charge in [0.1, 0.15) is 18.1 Å². The highest BCUT2D eigenvalue weighted by Gasteiger charge is 2.25. The SMILES string of the molecule is CC.CCCC(OCc1ccccn1)C1=COC(c2ccc(OC)cc2)N1.